The molecule has 0 amide bonds. The molecule has 1 aromatic rings. The first-order valence-corrected chi connectivity index (χ1v) is 8.60. The Hall–Kier alpha value is -0.845. The van der Waals surface area contributed by atoms with Gasteiger partial charge in [0.05, 0.1) is 18.3 Å². The zero-order valence-corrected chi connectivity index (χ0v) is 15.7. The average Bonchev–Trinajstić information content (AvgIpc) is 2.99. The van der Waals surface area contributed by atoms with E-state index in [1.54, 1.807) is 0 Å². The smallest absolute Gasteiger partial charge is 0.465 e. The fraction of sp³-hybridized carbons (Fsp3) is 0.688. The number of thiophene rings is 1. The van der Waals surface area contributed by atoms with Crippen LogP contribution >= 0.6 is 11.3 Å². The van der Waals surface area contributed by atoms with Gasteiger partial charge in [0.15, 0.2) is 0 Å². The SMILES string of the molecule is CC.CCc1sc(C(=O)OC)cc1B1OC(C)(C)C(C)(C)O1. The van der Waals surface area contributed by atoms with E-state index in [2.05, 4.69) is 6.92 Å². The van der Waals surface area contributed by atoms with Crippen LogP contribution in [0.25, 0.3) is 0 Å². The molecule has 1 aliphatic rings. The summed E-state index contributed by atoms with van der Waals surface area (Å²) in [6.45, 7) is 14.1. The van der Waals surface area contributed by atoms with Gasteiger partial charge in [0, 0.05) is 4.88 Å². The van der Waals surface area contributed by atoms with Gasteiger partial charge < -0.3 is 14.0 Å². The van der Waals surface area contributed by atoms with E-state index in [4.69, 9.17) is 14.0 Å². The van der Waals surface area contributed by atoms with Crippen LogP contribution in [0, 0.1) is 0 Å². The summed E-state index contributed by atoms with van der Waals surface area (Å²) in [6.07, 6.45) is 0.834. The molecule has 22 heavy (non-hydrogen) atoms. The number of aryl methyl sites for hydroxylation is 1. The van der Waals surface area contributed by atoms with Crippen molar-refractivity contribution in [3.63, 3.8) is 0 Å². The first-order valence-electron chi connectivity index (χ1n) is 7.78. The lowest BCUT2D eigenvalue weighted by molar-refractivity contribution is 0.00578. The summed E-state index contributed by atoms with van der Waals surface area (Å²) < 4.78 is 16.9. The van der Waals surface area contributed by atoms with E-state index in [1.807, 2.05) is 47.6 Å². The minimum absolute atomic E-state index is 0.313. The molecule has 1 saturated heterocycles. The number of esters is 1. The third-order valence-corrected chi connectivity index (χ3v) is 5.33. The number of carbonyl (C=O) groups excluding carboxylic acids is 1. The average molecular weight is 326 g/mol. The molecule has 0 unspecified atom stereocenters. The normalized spacial score (nSPS) is 18.6. The second-order valence-corrected chi connectivity index (χ2v) is 7.06. The molecule has 1 aliphatic heterocycles. The van der Waals surface area contributed by atoms with Gasteiger partial charge in [-0.15, -0.1) is 11.3 Å². The predicted octanol–water partition coefficient (Wildman–Crippen LogP) is 3.42. The molecule has 0 aromatic carbocycles. The van der Waals surface area contributed by atoms with Crippen LogP contribution in [0.3, 0.4) is 0 Å². The molecule has 1 fully saturated rings. The Morgan fingerprint density at radius 2 is 1.73 bits per heavy atom. The van der Waals surface area contributed by atoms with E-state index in [0.717, 1.165) is 16.8 Å². The number of hydrogen-bond acceptors (Lipinski definition) is 5. The monoisotopic (exact) mass is 326 g/mol. The molecule has 6 heteroatoms. The number of rotatable bonds is 3. The topological polar surface area (TPSA) is 44.8 Å². The molecular formula is C16H27BO4S. The van der Waals surface area contributed by atoms with Gasteiger partial charge >= 0.3 is 13.1 Å². The number of ether oxygens (including phenoxy) is 1. The van der Waals surface area contributed by atoms with Gasteiger partial charge in [-0.3, -0.25) is 0 Å². The summed E-state index contributed by atoms with van der Waals surface area (Å²) in [7, 11) is 0.965. The summed E-state index contributed by atoms with van der Waals surface area (Å²) in [5.74, 6) is -0.313. The van der Waals surface area contributed by atoms with Crippen molar-refractivity contribution >= 4 is 29.9 Å². The van der Waals surface area contributed by atoms with Crippen molar-refractivity contribution in [2.75, 3.05) is 7.11 Å². The molecule has 2 heterocycles. The van der Waals surface area contributed by atoms with Gasteiger partial charge in [-0.2, -0.15) is 0 Å². The molecule has 0 spiro atoms. The molecule has 0 atom stereocenters. The molecule has 0 aliphatic carbocycles. The van der Waals surface area contributed by atoms with E-state index in [9.17, 15) is 4.79 Å². The molecule has 1 aromatic heterocycles. The molecular weight excluding hydrogens is 299 g/mol. The first-order chi connectivity index (χ1) is 10.2. The lowest BCUT2D eigenvalue weighted by atomic mass is 9.78. The molecule has 4 nitrogen and oxygen atoms in total. The second-order valence-electron chi connectivity index (χ2n) is 5.92. The van der Waals surface area contributed by atoms with Gasteiger partial charge in [-0.25, -0.2) is 4.79 Å². The van der Waals surface area contributed by atoms with Crippen LogP contribution in [-0.4, -0.2) is 31.4 Å². The number of carbonyl (C=O) groups is 1. The van der Waals surface area contributed by atoms with E-state index >= 15 is 0 Å². The minimum atomic E-state index is -0.426. The second kappa shape index (κ2) is 7.15. The largest absolute Gasteiger partial charge is 0.496 e. The molecule has 0 saturated carbocycles. The summed E-state index contributed by atoms with van der Waals surface area (Å²) in [6, 6.07) is 1.83. The minimum Gasteiger partial charge on any atom is -0.465 e. The van der Waals surface area contributed by atoms with Crippen LogP contribution in [0.1, 0.15) is 63.0 Å². The lowest BCUT2D eigenvalue weighted by Crippen LogP contribution is -2.41. The van der Waals surface area contributed by atoms with Crippen molar-refractivity contribution in [2.45, 2.75) is 66.1 Å². The summed E-state index contributed by atoms with van der Waals surface area (Å²) >= 11 is 1.44. The lowest BCUT2D eigenvalue weighted by Gasteiger charge is -2.32. The van der Waals surface area contributed by atoms with E-state index in [0.29, 0.717) is 4.88 Å². The van der Waals surface area contributed by atoms with Crippen LogP contribution in [0.4, 0.5) is 0 Å². The zero-order chi connectivity index (χ0) is 17.1. The van der Waals surface area contributed by atoms with Gasteiger partial charge in [0.2, 0.25) is 0 Å². The third-order valence-electron chi connectivity index (χ3n) is 4.06. The Morgan fingerprint density at radius 3 is 2.14 bits per heavy atom. The third kappa shape index (κ3) is 3.55. The van der Waals surface area contributed by atoms with Crippen molar-refractivity contribution in [1.29, 1.82) is 0 Å². The summed E-state index contributed by atoms with van der Waals surface area (Å²) in [5, 5.41) is 0. The maximum Gasteiger partial charge on any atom is 0.496 e. The van der Waals surface area contributed by atoms with Crippen molar-refractivity contribution < 1.29 is 18.8 Å². The highest BCUT2D eigenvalue weighted by atomic mass is 32.1. The zero-order valence-electron chi connectivity index (χ0n) is 14.9. The highest BCUT2D eigenvalue weighted by Crippen LogP contribution is 2.37. The maximum absolute atomic E-state index is 11.7. The molecule has 0 radical (unpaired) electrons. The Labute approximate surface area is 138 Å². The van der Waals surface area contributed by atoms with Gasteiger partial charge in [-0.05, 0) is 45.6 Å². The standard InChI is InChI=1S/C14H21BO4S.C2H6/c1-7-10-9(8-11(20-10)12(16)17-6)15-18-13(2,3)14(4,5)19-15;1-2/h8H,7H2,1-6H3;1-2H3. The number of methoxy groups -OCH3 is 1. The maximum atomic E-state index is 11.7. The fourth-order valence-corrected chi connectivity index (χ4v) is 3.13. The first kappa shape index (κ1) is 19.2. The van der Waals surface area contributed by atoms with Crippen LogP contribution < -0.4 is 5.46 Å². The van der Waals surface area contributed by atoms with Crippen LogP contribution in [0.5, 0.6) is 0 Å². The Bertz CT molecular complexity index is 506. The van der Waals surface area contributed by atoms with Gasteiger partial charge in [-0.1, -0.05) is 20.8 Å². The van der Waals surface area contributed by atoms with Crippen molar-refractivity contribution in [3.05, 3.63) is 15.8 Å². The van der Waals surface area contributed by atoms with Crippen LogP contribution in [-0.2, 0) is 20.5 Å². The molecule has 0 N–H and O–H groups in total. The van der Waals surface area contributed by atoms with Crippen molar-refractivity contribution in [3.8, 4) is 0 Å². The summed E-state index contributed by atoms with van der Waals surface area (Å²) in [5.41, 5.74) is 0.183. The highest BCUT2D eigenvalue weighted by Gasteiger charge is 2.52. The van der Waals surface area contributed by atoms with Crippen molar-refractivity contribution in [2.24, 2.45) is 0 Å². The summed E-state index contributed by atoms with van der Waals surface area (Å²) in [4.78, 5) is 13.4. The Kier molecular flexibility index (Phi) is 6.24. The Morgan fingerprint density at radius 1 is 1.23 bits per heavy atom. The van der Waals surface area contributed by atoms with Crippen LogP contribution in [0.15, 0.2) is 6.07 Å². The predicted molar refractivity (Wildman–Crippen MR) is 92.1 cm³/mol. The van der Waals surface area contributed by atoms with Crippen molar-refractivity contribution in [1.82, 2.24) is 0 Å². The Balaban J connectivity index is 0.00000116. The van der Waals surface area contributed by atoms with Crippen LogP contribution in [0.2, 0.25) is 0 Å². The highest BCUT2D eigenvalue weighted by molar-refractivity contribution is 7.15. The van der Waals surface area contributed by atoms with E-state index in [1.165, 1.54) is 18.4 Å². The molecule has 2 rings (SSSR count). The molecule has 0 bridgehead atoms. The molecule has 124 valence electrons. The van der Waals surface area contributed by atoms with Gasteiger partial charge in [0.1, 0.15) is 4.88 Å². The van der Waals surface area contributed by atoms with E-state index < -0.39 is 7.12 Å². The number of hydrogen-bond donors (Lipinski definition) is 0. The fourth-order valence-electron chi connectivity index (χ4n) is 2.09. The van der Waals surface area contributed by atoms with E-state index in [-0.39, 0.29) is 17.2 Å². The quantitative estimate of drug-likeness (QED) is 0.631. The van der Waals surface area contributed by atoms with Gasteiger partial charge in [0.25, 0.3) is 0 Å².